The summed E-state index contributed by atoms with van der Waals surface area (Å²) < 4.78 is 31.7. The van der Waals surface area contributed by atoms with Gasteiger partial charge in [-0.3, -0.25) is 0 Å². The van der Waals surface area contributed by atoms with Crippen molar-refractivity contribution in [3.8, 4) is 12.3 Å². The number of hydrogen-bond acceptors (Lipinski definition) is 4. The van der Waals surface area contributed by atoms with Crippen LogP contribution >= 0.6 is 0 Å². The van der Waals surface area contributed by atoms with Crippen molar-refractivity contribution in [2.45, 2.75) is 45.2 Å². The third kappa shape index (κ3) is 3.85. The van der Waals surface area contributed by atoms with E-state index in [4.69, 9.17) is 10.8 Å². The molecule has 1 aromatic heterocycles. The Morgan fingerprint density at radius 1 is 1.50 bits per heavy atom. The fraction of sp³-hybridized carbons (Fsp3) is 0.571. The van der Waals surface area contributed by atoms with Crippen molar-refractivity contribution < 1.29 is 12.8 Å². The summed E-state index contributed by atoms with van der Waals surface area (Å²) in [5, 5.41) is 3.19. The highest BCUT2D eigenvalue weighted by Gasteiger charge is 2.27. The third-order valence-electron chi connectivity index (χ3n) is 2.85. The predicted octanol–water partition coefficient (Wildman–Crippen LogP) is 1.73. The van der Waals surface area contributed by atoms with Crippen LogP contribution in [0.25, 0.3) is 0 Å². The zero-order valence-corrected chi connectivity index (χ0v) is 13.3. The van der Waals surface area contributed by atoms with Gasteiger partial charge < -0.3 is 9.73 Å². The van der Waals surface area contributed by atoms with E-state index in [1.807, 2.05) is 13.8 Å². The molecule has 1 aromatic rings. The molecular formula is C14H22N2O3S. The second-order valence-electron chi connectivity index (χ2n) is 4.80. The van der Waals surface area contributed by atoms with Crippen molar-refractivity contribution in [1.82, 2.24) is 9.62 Å². The molecule has 0 fully saturated rings. The minimum Gasteiger partial charge on any atom is -0.464 e. The Bertz CT molecular complexity index is 582. The number of aryl methyl sites for hydroxylation is 1. The molecule has 0 aliphatic carbocycles. The molecule has 0 bridgehead atoms. The van der Waals surface area contributed by atoms with Gasteiger partial charge in [0.25, 0.3) is 0 Å². The lowest BCUT2D eigenvalue weighted by Gasteiger charge is -2.16. The molecule has 112 valence electrons. The van der Waals surface area contributed by atoms with E-state index in [0.717, 1.165) is 0 Å². The first kappa shape index (κ1) is 16.8. The van der Waals surface area contributed by atoms with Gasteiger partial charge in [0.15, 0.2) is 0 Å². The predicted molar refractivity (Wildman–Crippen MR) is 78.7 cm³/mol. The topological polar surface area (TPSA) is 62.6 Å². The molecule has 20 heavy (non-hydrogen) atoms. The van der Waals surface area contributed by atoms with E-state index in [2.05, 4.69) is 11.2 Å². The van der Waals surface area contributed by atoms with Gasteiger partial charge in [-0.2, -0.15) is 4.31 Å². The van der Waals surface area contributed by atoms with Crippen LogP contribution in [0.2, 0.25) is 0 Å². The van der Waals surface area contributed by atoms with Gasteiger partial charge >= 0.3 is 0 Å². The van der Waals surface area contributed by atoms with E-state index in [0.29, 0.717) is 30.7 Å². The van der Waals surface area contributed by atoms with Crippen molar-refractivity contribution >= 4 is 10.0 Å². The van der Waals surface area contributed by atoms with Gasteiger partial charge in [0, 0.05) is 18.7 Å². The van der Waals surface area contributed by atoms with Crippen molar-refractivity contribution in [2.24, 2.45) is 0 Å². The number of terminal acetylenes is 1. The van der Waals surface area contributed by atoms with Crippen LogP contribution in [0, 0.1) is 19.3 Å². The monoisotopic (exact) mass is 298 g/mol. The highest BCUT2D eigenvalue weighted by Crippen LogP contribution is 2.23. The Kier molecular flexibility index (Phi) is 5.81. The molecule has 0 saturated carbocycles. The minimum atomic E-state index is -3.59. The lowest BCUT2D eigenvalue weighted by molar-refractivity contribution is 0.439. The van der Waals surface area contributed by atoms with Crippen LogP contribution in [0.5, 0.6) is 0 Å². The summed E-state index contributed by atoms with van der Waals surface area (Å²) in [6.07, 6.45) is 5.21. The van der Waals surface area contributed by atoms with E-state index >= 15 is 0 Å². The normalized spacial score (nSPS) is 12.1. The molecule has 0 atom stereocenters. The maximum atomic E-state index is 12.5. The molecule has 6 heteroatoms. The Balaban J connectivity index is 3.04. The van der Waals surface area contributed by atoms with Crippen LogP contribution in [0.4, 0.5) is 0 Å². The molecule has 0 amide bonds. The van der Waals surface area contributed by atoms with Crippen molar-refractivity contribution in [3.63, 3.8) is 0 Å². The Hall–Kier alpha value is -1.29. The minimum absolute atomic E-state index is 0.0586. The van der Waals surface area contributed by atoms with Crippen LogP contribution in [-0.2, 0) is 16.6 Å². The number of rotatable bonds is 7. The van der Waals surface area contributed by atoms with Crippen LogP contribution in [0.15, 0.2) is 15.4 Å². The lowest BCUT2D eigenvalue weighted by Crippen LogP contribution is -2.31. The van der Waals surface area contributed by atoms with Crippen LogP contribution in [0.1, 0.15) is 32.3 Å². The van der Waals surface area contributed by atoms with Crippen molar-refractivity contribution in [3.05, 3.63) is 17.6 Å². The molecule has 0 saturated heterocycles. The van der Waals surface area contributed by atoms with Gasteiger partial charge in [-0.25, -0.2) is 8.42 Å². The van der Waals surface area contributed by atoms with Gasteiger partial charge in [-0.05, 0) is 6.92 Å². The van der Waals surface area contributed by atoms with Gasteiger partial charge in [-0.1, -0.05) is 26.7 Å². The van der Waals surface area contributed by atoms with Crippen molar-refractivity contribution in [1.29, 1.82) is 0 Å². The highest BCUT2D eigenvalue weighted by atomic mass is 32.2. The first-order valence-corrected chi connectivity index (χ1v) is 8.03. The molecule has 5 nitrogen and oxygen atoms in total. The summed E-state index contributed by atoms with van der Waals surface area (Å²) in [5.74, 6) is 3.36. The SMILES string of the molecule is C#CCN(CC)S(=O)(=O)c1cc(CNC(C)C)oc1C. The maximum absolute atomic E-state index is 12.5. The second kappa shape index (κ2) is 6.93. The first-order valence-electron chi connectivity index (χ1n) is 6.59. The number of furan rings is 1. The molecule has 1 heterocycles. The quantitative estimate of drug-likeness (QED) is 0.779. The first-order chi connectivity index (χ1) is 9.32. The van der Waals surface area contributed by atoms with E-state index in [-0.39, 0.29) is 11.4 Å². The molecule has 1 rings (SSSR count). The average Bonchev–Trinajstić information content (AvgIpc) is 2.75. The Morgan fingerprint density at radius 3 is 2.65 bits per heavy atom. The Morgan fingerprint density at radius 2 is 2.15 bits per heavy atom. The molecule has 1 N–H and O–H groups in total. The molecule has 0 aliphatic heterocycles. The maximum Gasteiger partial charge on any atom is 0.247 e. The van der Waals surface area contributed by atoms with E-state index in [9.17, 15) is 8.42 Å². The summed E-state index contributed by atoms with van der Waals surface area (Å²) in [5.41, 5.74) is 0. The van der Waals surface area contributed by atoms with E-state index in [1.165, 1.54) is 4.31 Å². The van der Waals surface area contributed by atoms with Gasteiger partial charge in [0.1, 0.15) is 16.4 Å². The van der Waals surface area contributed by atoms with E-state index < -0.39 is 10.0 Å². The van der Waals surface area contributed by atoms with Crippen LogP contribution < -0.4 is 5.32 Å². The summed E-state index contributed by atoms with van der Waals surface area (Å²) in [6, 6.07) is 1.87. The smallest absolute Gasteiger partial charge is 0.247 e. The van der Waals surface area contributed by atoms with E-state index in [1.54, 1.807) is 19.9 Å². The molecule has 0 spiro atoms. The van der Waals surface area contributed by atoms with Gasteiger partial charge in [0.05, 0.1) is 13.1 Å². The Labute approximate surface area is 121 Å². The molecule has 0 unspecified atom stereocenters. The zero-order chi connectivity index (χ0) is 15.3. The van der Waals surface area contributed by atoms with Crippen LogP contribution in [0.3, 0.4) is 0 Å². The summed E-state index contributed by atoms with van der Waals surface area (Å²) in [6.45, 7) is 8.31. The standard InChI is InChI=1S/C14H22N2O3S/c1-6-8-16(7-2)20(17,18)14-9-13(19-12(14)5)10-15-11(3)4/h1,9,11,15H,7-8,10H2,2-5H3. The third-order valence-corrected chi connectivity index (χ3v) is 4.87. The number of nitrogens with zero attached hydrogens (tertiary/aromatic N) is 1. The average molecular weight is 298 g/mol. The largest absolute Gasteiger partial charge is 0.464 e. The number of nitrogens with one attached hydrogen (secondary N) is 1. The lowest BCUT2D eigenvalue weighted by atomic mass is 10.3. The zero-order valence-electron chi connectivity index (χ0n) is 12.4. The second-order valence-corrected chi connectivity index (χ2v) is 6.71. The molecule has 0 aromatic carbocycles. The highest BCUT2D eigenvalue weighted by molar-refractivity contribution is 7.89. The fourth-order valence-electron chi connectivity index (χ4n) is 1.78. The molecule has 0 radical (unpaired) electrons. The summed E-state index contributed by atoms with van der Waals surface area (Å²) >= 11 is 0. The van der Waals surface area contributed by atoms with Gasteiger partial charge in [0.2, 0.25) is 10.0 Å². The summed E-state index contributed by atoms with van der Waals surface area (Å²) in [7, 11) is -3.59. The van der Waals surface area contributed by atoms with Crippen molar-refractivity contribution in [2.75, 3.05) is 13.1 Å². The molecular weight excluding hydrogens is 276 g/mol. The summed E-state index contributed by atoms with van der Waals surface area (Å²) in [4.78, 5) is 0.190. The van der Waals surface area contributed by atoms with Crippen LogP contribution in [-0.4, -0.2) is 31.9 Å². The van der Waals surface area contributed by atoms with Gasteiger partial charge in [-0.15, -0.1) is 6.42 Å². The molecule has 0 aliphatic rings. The fourth-order valence-corrected chi connectivity index (χ4v) is 3.33. The number of hydrogen-bond donors (Lipinski definition) is 1. The number of sulfonamides is 1.